The molecule has 4 heteroatoms. The van der Waals surface area contributed by atoms with Gasteiger partial charge in [-0.15, -0.1) is 0 Å². The van der Waals surface area contributed by atoms with Crippen LogP contribution in [-0.2, 0) is 4.79 Å². The van der Waals surface area contributed by atoms with E-state index in [9.17, 15) is 15.0 Å². The Bertz CT molecular complexity index is 806. The van der Waals surface area contributed by atoms with Gasteiger partial charge in [-0.25, -0.2) is 0 Å². The largest absolute Gasteiger partial charge is 0.394 e. The summed E-state index contributed by atoms with van der Waals surface area (Å²) in [6.45, 7) is 4.31. The summed E-state index contributed by atoms with van der Waals surface area (Å²) in [5, 5.41) is 23.0. The van der Waals surface area contributed by atoms with Gasteiger partial charge in [0.15, 0.2) is 0 Å². The van der Waals surface area contributed by atoms with Crippen molar-refractivity contribution >= 4 is 5.91 Å². The average Bonchev–Trinajstić information content (AvgIpc) is 3.16. The molecule has 3 N–H and O–H groups in total. The van der Waals surface area contributed by atoms with Crippen LogP contribution in [0, 0.1) is 0 Å². The van der Waals surface area contributed by atoms with Crippen molar-refractivity contribution in [2.45, 2.75) is 264 Å². The van der Waals surface area contributed by atoms with Gasteiger partial charge in [-0.05, 0) is 57.8 Å². The number of carbonyl (C=O) groups is 1. The summed E-state index contributed by atoms with van der Waals surface area (Å²) in [7, 11) is 0. The van der Waals surface area contributed by atoms with Crippen molar-refractivity contribution in [1.29, 1.82) is 0 Å². The monoisotopic (exact) mass is 744 g/mol. The van der Waals surface area contributed by atoms with Gasteiger partial charge < -0.3 is 15.5 Å². The third-order valence-corrected chi connectivity index (χ3v) is 10.8. The highest BCUT2D eigenvalue weighted by molar-refractivity contribution is 5.76. The SMILES string of the molecule is CCCCCCCCCCCCC/C=C\CCCCCCCCCC(=O)NC(CO)C(O)/C=C/CC/C=C/CCCCCCCCCCCCCCC. The Hall–Kier alpha value is -1.39. The molecule has 0 aromatic carbocycles. The summed E-state index contributed by atoms with van der Waals surface area (Å²) in [5.74, 6) is -0.0763. The maximum atomic E-state index is 12.4. The number of unbranched alkanes of at least 4 members (excludes halogenated alkanes) is 32. The molecule has 0 aromatic rings. The van der Waals surface area contributed by atoms with Gasteiger partial charge in [0.25, 0.3) is 0 Å². The highest BCUT2D eigenvalue weighted by Gasteiger charge is 2.17. The van der Waals surface area contributed by atoms with Crippen LogP contribution in [0.4, 0.5) is 0 Å². The van der Waals surface area contributed by atoms with Crippen molar-refractivity contribution in [2.75, 3.05) is 6.61 Å². The summed E-state index contributed by atoms with van der Waals surface area (Å²) in [6, 6.07) is -0.640. The molecule has 312 valence electrons. The number of carbonyl (C=O) groups excluding carboxylic acids is 1. The van der Waals surface area contributed by atoms with Gasteiger partial charge >= 0.3 is 0 Å². The fourth-order valence-electron chi connectivity index (χ4n) is 7.19. The van der Waals surface area contributed by atoms with Crippen molar-refractivity contribution in [1.82, 2.24) is 5.32 Å². The van der Waals surface area contributed by atoms with Gasteiger partial charge in [0.1, 0.15) is 0 Å². The van der Waals surface area contributed by atoms with Crippen LogP contribution < -0.4 is 5.32 Å². The van der Waals surface area contributed by atoms with Crippen LogP contribution in [0.15, 0.2) is 36.5 Å². The van der Waals surface area contributed by atoms with Crippen molar-refractivity contribution < 1.29 is 15.0 Å². The van der Waals surface area contributed by atoms with E-state index >= 15 is 0 Å². The second kappa shape index (κ2) is 45.0. The van der Waals surface area contributed by atoms with Gasteiger partial charge in [0.2, 0.25) is 5.91 Å². The van der Waals surface area contributed by atoms with Crippen LogP contribution in [0.5, 0.6) is 0 Å². The van der Waals surface area contributed by atoms with E-state index in [1.807, 2.05) is 6.08 Å². The maximum Gasteiger partial charge on any atom is 0.220 e. The quantitative estimate of drug-likeness (QED) is 0.0430. The topological polar surface area (TPSA) is 69.6 Å². The first kappa shape index (κ1) is 51.6. The lowest BCUT2D eigenvalue weighted by atomic mass is 10.0. The van der Waals surface area contributed by atoms with Crippen LogP contribution in [-0.4, -0.2) is 34.9 Å². The van der Waals surface area contributed by atoms with Gasteiger partial charge in [-0.2, -0.15) is 0 Å². The smallest absolute Gasteiger partial charge is 0.220 e. The third kappa shape index (κ3) is 41.6. The second-order valence-corrected chi connectivity index (χ2v) is 16.2. The Balaban J connectivity index is 3.58. The van der Waals surface area contributed by atoms with Crippen LogP contribution in [0.2, 0.25) is 0 Å². The standard InChI is InChI=1S/C49H93NO3/c1-3-5-7-9-11-13-15-17-19-21-23-24-25-27-29-31-33-35-37-39-41-43-45-49(53)50-47(46-51)48(52)44-42-40-38-36-34-32-30-28-26-22-20-18-16-14-12-10-8-6-4-2/h25,27,34,36,42,44,47-48,51-52H,3-24,26,28-33,35,37-41,43,45-46H2,1-2H3,(H,50,53)/b27-25-,36-34+,44-42+. The van der Waals surface area contributed by atoms with Crippen molar-refractivity contribution in [2.24, 2.45) is 0 Å². The molecule has 0 heterocycles. The number of rotatable bonds is 43. The molecular formula is C49H93NO3. The Morgan fingerprint density at radius 1 is 0.434 bits per heavy atom. The van der Waals surface area contributed by atoms with E-state index in [2.05, 4.69) is 43.5 Å². The first-order chi connectivity index (χ1) is 26.2. The molecule has 0 bridgehead atoms. The minimum absolute atomic E-state index is 0.0763. The van der Waals surface area contributed by atoms with Gasteiger partial charge in [0, 0.05) is 6.42 Å². The van der Waals surface area contributed by atoms with Crippen LogP contribution in [0.1, 0.15) is 251 Å². The van der Waals surface area contributed by atoms with E-state index in [1.54, 1.807) is 6.08 Å². The lowest BCUT2D eigenvalue weighted by molar-refractivity contribution is -0.123. The van der Waals surface area contributed by atoms with E-state index in [0.29, 0.717) is 6.42 Å². The number of amides is 1. The van der Waals surface area contributed by atoms with E-state index in [1.165, 1.54) is 199 Å². The van der Waals surface area contributed by atoms with E-state index in [4.69, 9.17) is 0 Å². The molecule has 0 aromatic heterocycles. The Morgan fingerprint density at radius 2 is 0.736 bits per heavy atom. The zero-order valence-corrected chi connectivity index (χ0v) is 35.8. The number of aliphatic hydroxyl groups excluding tert-OH is 2. The molecule has 0 aliphatic heterocycles. The first-order valence-electron chi connectivity index (χ1n) is 23.7. The van der Waals surface area contributed by atoms with Crippen LogP contribution in [0.25, 0.3) is 0 Å². The zero-order valence-electron chi connectivity index (χ0n) is 35.8. The highest BCUT2D eigenvalue weighted by Crippen LogP contribution is 2.15. The summed E-state index contributed by atoms with van der Waals surface area (Å²) in [4.78, 5) is 12.4. The molecule has 4 nitrogen and oxygen atoms in total. The molecule has 0 spiro atoms. The molecule has 2 atom stereocenters. The Kier molecular flexibility index (Phi) is 43.8. The number of nitrogens with one attached hydrogen (secondary N) is 1. The van der Waals surface area contributed by atoms with Crippen LogP contribution in [0.3, 0.4) is 0 Å². The molecule has 1 amide bonds. The molecular weight excluding hydrogens is 651 g/mol. The fraction of sp³-hybridized carbons (Fsp3) is 0.857. The predicted octanol–water partition coefficient (Wildman–Crippen LogP) is 15.0. The summed E-state index contributed by atoms with van der Waals surface area (Å²) >= 11 is 0. The fourth-order valence-corrected chi connectivity index (χ4v) is 7.19. The molecule has 53 heavy (non-hydrogen) atoms. The maximum absolute atomic E-state index is 12.4. The number of aliphatic hydroxyl groups is 2. The van der Waals surface area contributed by atoms with Crippen molar-refractivity contribution in [3.05, 3.63) is 36.5 Å². The van der Waals surface area contributed by atoms with E-state index in [-0.39, 0.29) is 12.5 Å². The third-order valence-electron chi connectivity index (χ3n) is 10.8. The van der Waals surface area contributed by atoms with E-state index < -0.39 is 12.1 Å². The molecule has 0 radical (unpaired) electrons. The van der Waals surface area contributed by atoms with Crippen LogP contribution >= 0.6 is 0 Å². The van der Waals surface area contributed by atoms with Gasteiger partial charge in [0.05, 0.1) is 18.8 Å². The second-order valence-electron chi connectivity index (χ2n) is 16.2. The molecule has 0 saturated heterocycles. The number of hydrogen-bond acceptors (Lipinski definition) is 3. The minimum atomic E-state index is -0.863. The zero-order chi connectivity index (χ0) is 38.6. The minimum Gasteiger partial charge on any atom is -0.394 e. The number of allylic oxidation sites excluding steroid dienone is 5. The lowest BCUT2D eigenvalue weighted by Crippen LogP contribution is -2.45. The Labute approximate surface area is 331 Å². The molecule has 0 saturated carbocycles. The first-order valence-corrected chi connectivity index (χ1v) is 23.7. The molecule has 0 aliphatic rings. The summed E-state index contributed by atoms with van der Waals surface area (Å²) in [6.07, 6.45) is 59.8. The average molecular weight is 744 g/mol. The lowest BCUT2D eigenvalue weighted by Gasteiger charge is -2.19. The summed E-state index contributed by atoms with van der Waals surface area (Å²) in [5.41, 5.74) is 0. The van der Waals surface area contributed by atoms with E-state index in [0.717, 1.165) is 32.1 Å². The molecule has 0 aliphatic carbocycles. The van der Waals surface area contributed by atoms with Gasteiger partial charge in [-0.3, -0.25) is 4.79 Å². The predicted molar refractivity (Wildman–Crippen MR) is 235 cm³/mol. The number of hydrogen-bond donors (Lipinski definition) is 3. The van der Waals surface area contributed by atoms with Crippen molar-refractivity contribution in [3.63, 3.8) is 0 Å². The normalized spacial score (nSPS) is 13.2. The highest BCUT2D eigenvalue weighted by atomic mass is 16.3. The molecule has 0 rings (SSSR count). The Morgan fingerprint density at radius 3 is 1.09 bits per heavy atom. The molecule has 2 unspecified atom stereocenters. The summed E-state index contributed by atoms with van der Waals surface area (Å²) < 4.78 is 0. The molecule has 0 fully saturated rings. The van der Waals surface area contributed by atoms with Crippen molar-refractivity contribution in [3.8, 4) is 0 Å². The van der Waals surface area contributed by atoms with Gasteiger partial charge in [-0.1, -0.05) is 224 Å².